The van der Waals surface area contributed by atoms with Crippen molar-refractivity contribution in [3.05, 3.63) is 82.6 Å². The lowest BCUT2D eigenvalue weighted by molar-refractivity contribution is -0.139. The summed E-state index contributed by atoms with van der Waals surface area (Å²) in [5.41, 5.74) is 2.92. The highest BCUT2D eigenvalue weighted by Gasteiger charge is 2.38. The van der Waals surface area contributed by atoms with E-state index in [2.05, 4.69) is 25.3 Å². The Morgan fingerprint density at radius 1 is 0.695 bits per heavy atom. The summed E-state index contributed by atoms with van der Waals surface area (Å²) in [6.45, 7) is 16.3. The maximum absolute atomic E-state index is 13.8. The predicted octanol–water partition coefficient (Wildman–Crippen LogP) is 11.5. The summed E-state index contributed by atoms with van der Waals surface area (Å²) < 4.78 is 98.3. The van der Waals surface area contributed by atoms with Gasteiger partial charge in [0.2, 0.25) is 10.6 Å². The molecule has 324 valence electrons. The Kier molecular flexibility index (Phi) is 16.4. The molecule has 4 rings (SSSR count). The van der Waals surface area contributed by atoms with Gasteiger partial charge in [-0.1, -0.05) is 27.7 Å². The number of alkyl halides is 6. The lowest BCUT2D eigenvalue weighted by atomic mass is 9.91. The third-order valence-electron chi connectivity index (χ3n) is 8.05. The van der Waals surface area contributed by atoms with E-state index in [1.54, 1.807) is 34.6 Å². The molecule has 1 amide bonds. The molecule has 0 radical (unpaired) electrons. The first-order chi connectivity index (χ1) is 27.1. The van der Waals surface area contributed by atoms with Crippen LogP contribution in [-0.4, -0.2) is 55.9 Å². The summed E-state index contributed by atoms with van der Waals surface area (Å²) in [5.74, 6) is -0.171. The Morgan fingerprint density at radius 2 is 1.12 bits per heavy atom. The van der Waals surface area contributed by atoms with Crippen molar-refractivity contribution in [1.29, 1.82) is 0 Å². The highest BCUT2D eigenvalue weighted by atomic mass is 35.5. The van der Waals surface area contributed by atoms with Crippen molar-refractivity contribution in [2.45, 2.75) is 104 Å². The van der Waals surface area contributed by atoms with Crippen LogP contribution in [0.25, 0.3) is 22.5 Å². The van der Waals surface area contributed by atoms with Gasteiger partial charge in [0.1, 0.15) is 30.3 Å². The van der Waals surface area contributed by atoms with Gasteiger partial charge in [0.15, 0.2) is 0 Å². The molecule has 0 unspecified atom stereocenters. The van der Waals surface area contributed by atoms with Gasteiger partial charge in [-0.25, -0.2) is 24.7 Å². The number of hydrogen-bond donors (Lipinski definition) is 2. The normalized spacial score (nSPS) is 14.2. The zero-order chi connectivity index (χ0) is 44.6. The second-order valence-electron chi connectivity index (χ2n) is 16.5. The first-order valence-electron chi connectivity index (χ1n) is 18.5. The molecule has 2 aromatic carbocycles. The molecule has 59 heavy (non-hydrogen) atoms. The molecule has 2 aromatic heterocycles. The third-order valence-corrected chi connectivity index (χ3v) is 8.42. The van der Waals surface area contributed by atoms with Crippen molar-refractivity contribution in [2.75, 3.05) is 13.2 Å². The lowest BCUT2D eigenvalue weighted by Crippen LogP contribution is -2.52. The minimum absolute atomic E-state index is 0.0209. The number of benzene rings is 2. The summed E-state index contributed by atoms with van der Waals surface area (Å²) in [4.78, 5) is 27.7. The zero-order valence-electron chi connectivity index (χ0n) is 34.3. The number of carbonyl (C=O) groups excluding carboxylic acids is 1. The van der Waals surface area contributed by atoms with Crippen molar-refractivity contribution in [1.82, 2.24) is 25.3 Å². The fourth-order valence-electron chi connectivity index (χ4n) is 6.13. The smallest absolute Gasteiger partial charge is 0.419 e. The fourth-order valence-corrected chi connectivity index (χ4v) is 6.43. The van der Waals surface area contributed by atoms with Gasteiger partial charge in [-0.15, -0.1) is 0 Å². The van der Waals surface area contributed by atoms with Crippen molar-refractivity contribution in [3.63, 3.8) is 0 Å². The number of alkyl carbamates (subject to hydrolysis) is 1. The van der Waals surface area contributed by atoms with E-state index in [4.69, 9.17) is 43.1 Å². The van der Waals surface area contributed by atoms with Gasteiger partial charge >= 0.3 is 18.4 Å². The second kappa shape index (κ2) is 19.8. The Hall–Kier alpha value is -4.41. The van der Waals surface area contributed by atoms with Crippen LogP contribution in [0.4, 0.5) is 31.1 Å². The number of ether oxygens (including phenoxy) is 3. The maximum Gasteiger partial charge on any atom is 0.419 e. The van der Waals surface area contributed by atoms with Crippen molar-refractivity contribution >= 4 is 29.3 Å². The van der Waals surface area contributed by atoms with Crippen LogP contribution in [0.2, 0.25) is 10.6 Å². The average Bonchev–Trinajstić information content (AvgIpc) is 3.07. The number of halogens is 8. The predicted molar refractivity (Wildman–Crippen MR) is 215 cm³/mol. The van der Waals surface area contributed by atoms with E-state index < -0.39 is 46.3 Å². The number of rotatable bonds is 13. The van der Waals surface area contributed by atoms with Crippen LogP contribution >= 0.6 is 23.2 Å². The summed E-state index contributed by atoms with van der Waals surface area (Å²) in [7, 11) is 0. The SMILES string of the molecule is CC(C)C[C@@](C)(COc1ccc(-c2ccnc(Cl)n2)cc1C(F)(F)F)NC(=O)OC(C)(C)C.CC(C)C[C@](C)(N)COc1ccc(-c2ccnc(Cl)n2)cc1C(F)(F)F. The molecule has 0 bridgehead atoms. The third kappa shape index (κ3) is 16.3. The molecule has 0 aliphatic carbocycles. The van der Waals surface area contributed by atoms with Crippen molar-refractivity contribution < 1.29 is 45.3 Å². The topological polar surface area (TPSA) is 134 Å². The van der Waals surface area contributed by atoms with E-state index in [1.165, 1.54) is 48.8 Å². The summed E-state index contributed by atoms with van der Waals surface area (Å²) >= 11 is 11.5. The fraction of sp³-hybridized carbons (Fsp3) is 0.488. The zero-order valence-corrected chi connectivity index (χ0v) is 35.8. The van der Waals surface area contributed by atoms with E-state index in [9.17, 15) is 31.1 Å². The number of amides is 1. The van der Waals surface area contributed by atoms with Gasteiger partial charge < -0.3 is 25.3 Å². The molecule has 0 spiro atoms. The van der Waals surface area contributed by atoms with Crippen molar-refractivity contribution in [2.24, 2.45) is 17.6 Å². The first-order valence-corrected chi connectivity index (χ1v) is 19.3. The summed E-state index contributed by atoms with van der Waals surface area (Å²) in [6.07, 6.45) is -6.07. The number of carbonyl (C=O) groups is 1. The van der Waals surface area contributed by atoms with E-state index in [-0.39, 0.29) is 58.0 Å². The van der Waals surface area contributed by atoms with Gasteiger partial charge in [0.05, 0.1) is 28.1 Å². The molecule has 10 nitrogen and oxygen atoms in total. The molecule has 0 fully saturated rings. The summed E-state index contributed by atoms with van der Waals surface area (Å²) in [6, 6.07) is 10.4. The van der Waals surface area contributed by atoms with E-state index in [0.29, 0.717) is 24.5 Å². The van der Waals surface area contributed by atoms with Crippen LogP contribution in [0.3, 0.4) is 0 Å². The van der Waals surface area contributed by atoms with Crippen LogP contribution in [0.1, 0.15) is 86.3 Å². The van der Waals surface area contributed by atoms with Crippen LogP contribution in [0.5, 0.6) is 11.5 Å². The molecule has 2 heterocycles. The number of nitrogens with two attached hydrogens (primary N) is 1. The summed E-state index contributed by atoms with van der Waals surface area (Å²) in [5, 5.41) is 2.65. The molecule has 4 aromatic rings. The van der Waals surface area contributed by atoms with Gasteiger partial charge in [-0.05, 0) is 131 Å². The lowest BCUT2D eigenvalue weighted by Gasteiger charge is -2.33. The molecule has 18 heteroatoms. The van der Waals surface area contributed by atoms with Gasteiger partial charge in [-0.3, -0.25) is 0 Å². The highest BCUT2D eigenvalue weighted by molar-refractivity contribution is 6.28. The first kappa shape index (κ1) is 49.0. The Balaban J connectivity index is 0.000000324. The van der Waals surface area contributed by atoms with Gasteiger partial charge in [0, 0.05) is 29.1 Å². The Morgan fingerprint density at radius 3 is 1.49 bits per heavy atom. The molecular weight excluding hydrogens is 825 g/mol. The molecule has 2 atom stereocenters. The Labute approximate surface area is 350 Å². The largest absolute Gasteiger partial charge is 0.491 e. The van der Waals surface area contributed by atoms with Crippen molar-refractivity contribution in [3.8, 4) is 34.0 Å². The molecule has 0 aliphatic rings. The monoisotopic (exact) mass is 874 g/mol. The van der Waals surface area contributed by atoms with Crippen LogP contribution in [0, 0.1) is 11.8 Å². The minimum atomic E-state index is -4.67. The average molecular weight is 876 g/mol. The molecule has 0 aliphatic heterocycles. The number of aromatic nitrogens is 4. The quantitative estimate of drug-likeness (QED) is 0.0994. The minimum Gasteiger partial charge on any atom is -0.491 e. The van der Waals surface area contributed by atoms with Crippen LogP contribution < -0.4 is 20.5 Å². The molecule has 0 saturated heterocycles. The standard InChI is InChI=1S/C23H29ClF3N3O3.C18H21ClF3N3O/c1-14(2)12-22(6,30-20(31)33-21(3,4)5)13-32-18-8-7-15(11-16(18)23(25,26)27)17-9-10-28-19(24)29-17;1-11(2)9-17(3,23)10-26-15-5-4-12(8-13(15)18(20,21)22)14-6-7-24-16(19)25-14/h7-11,14H,12-13H2,1-6H3,(H,30,31);4-8,11H,9-10,23H2,1-3H3/t22-;17-/m00/s1. The molecular formula is C41H50Cl2F6N6O4. The number of nitrogens with zero attached hydrogens (tertiary/aromatic N) is 4. The van der Waals surface area contributed by atoms with E-state index >= 15 is 0 Å². The van der Waals surface area contributed by atoms with E-state index in [1.807, 2.05) is 27.7 Å². The van der Waals surface area contributed by atoms with Gasteiger partial charge in [0.25, 0.3) is 0 Å². The highest BCUT2D eigenvalue weighted by Crippen LogP contribution is 2.40. The molecule has 3 N–H and O–H groups in total. The number of hydrogen-bond acceptors (Lipinski definition) is 9. The second-order valence-corrected chi connectivity index (χ2v) is 17.1. The molecule has 0 saturated carbocycles. The van der Waals surface area contributed by atoms with E-state index in [0.717, 1.165) is 12.1 Å². The number of nitrogens with one attached hydrogen (secondary N) is 1. The van der Waals surface area contributed by atoms with Crippen LogP contribution in [0.15, 0.2) is 60.9 Å². The maximum atomic E-state index is 13.8. The van der Waals surface area contributed by atoms with Crippen LogP contribution in [-0.2, 0) is 17.1 Å². The van der Waals surface area contributed by atoms with Gasteiger partial charge in [-0.2, -0.15) is 26.3 Å². The Bertz CT molecular complexity index is 2030.